The lowest BCUT2D eigenvalue weighted by atomic mass is 10.2. The van der Waals surface area contributed by atoms with E-state index < -0.39 is 0 Å². The second-order valence-electron chi connectivity index (χ2n) is 4.02. The predicted octanol–water partition coefficient (Wildman–Crippen LogP) is 3.06. The minimum absolute atomic E-state index is 0.639. The van der Waals surface area contributed by atoms with Crippen molar-refractivity contribution >= 4 is 22.2 Å². The van der Waals surface area contributed by atoms with Gasteiger partial charge in [0.15, 0.2) is 5.13 Å². The Morgan fingerprint density at radius 3 is 2.82 bits per heavy atom. The van der Waals surface area contributed by atoms with Gasteiger partial charge in [0, 0.05) is 23.3 Å². The average Bonchev–Trinajstić information content (AvgIpc) is 2.72. The number of hydrogen-bond donors (Lipinski definition) is 1. The first-order valence-electron chi connectivity index (χ1n) is 5.71. The molecular formula is C13H17N3S. The molecule has 4 heteroatoms. The summed E-state index contributed by atoms with van der Waals surface area (Å²) in [5, 5.41) is 0.639. The fraction of sp³-hybridized carbons (Fsp3) is 0.308. The van der Waals surface area contributed by atoms with Gasteiger partial charge in [-0.15, -0.1) is 11.3 Å². The number of nitrogen functional groups attached to an aromatic ring is 1. The Morgan fingerprint density at radius 1 is 1.41 bits per heavy atom. The van der Waals surface area contributed by atoms with Crippen LogP contribution < -0.4 is 10.6 Å². The van der Waals surface area contributed by atoms with Gasteiger partial charge in [-0.3, -0.25) is 0 Å². The van der Waals surface area contributed by atoms with Crippen LogP contribution >= 0.6 is 11.3 Å². The van der Waals surface area contributed by atoms with Crippen molar-refractivity contribution in [1.82, 2.24) is 4.98 Å². The van der Waals surface area contributed by atoms with Crippen molar-refractivity contribution in [3.63, 3.8) is 0 Å². The molecule has 1 aromatic heterocycles. The summed E-state index contributed by atoms with van der Waals surface area (Å²) in [7, 11) is 0. The van der Waals surface area contributed by atoms with Crippen LogP contribution in [0.4, 0.5) is 10.8 Å². The van der Waals surface area contributed by atoms with Crippen LogP contribution in [-0.2, 0) is 6.54 Å². The molecule has 1 heterocycles. The van der Waals surface area contributed by atoms with Crippen LogP contribution in [0.5, 0.6) is 0 Å². The summed E-state index contributed by atoms with van der Waals surface area (Å²) in [5.74, 6) is 0. The van der Waals surface area contributed by atoms with Crippen LogP contribution in [-0.4, -0.2) is 11.5 Å². The molecule has 3 nitrogen and oxygen atoms in total. The summed E-state index contributed by atoms with van der Waals surface area (Å²) in [5.41, 5.74) is 8.18. The molecule has 0 saturated heterocycles. The van der Waals surface area contributed by atoms with E-state index in [0.29, 0.717) is 5.13 Å². The van der Waals surface area contributed by atoms with E-state index in [1.165, 1.54) is 16.1 Å². The fourth-order valence-corrected chi connectivity index (χ4v) is 2.49. The van der Waals surface area contributed by atoms with Crippen LogP contribution in [0.2, 0.25) is 0 Å². The Bertz CT molecular complexity index is 493. The second-order valence-corrected chi connectivity index (χ2v) is 5.16. The van der Waals surface area contributed by atoms with Crippen molar-refractivity contribution in [1.29, 1.82) is 0 Å². The number of benzene rings is 1. The first-order valence-corrected chi connectivity index (χ1v) is 6.52. The van der Waals surface area contributed by atoms with E-state index in [0.717, 1.165) is 13.1 Å². The second kappa shape index (κ2) is 5.19. The SMILES string of the molecule is CCN(Cc1cnc(N)s1)c1cccc(C)c1. The molecule has 0 bridgehead atoms. The zero-order chi connectivity index (χ0) is 12.3. The van der Waals surface area contributed by atoms with Crippen molar-refractivity contribution in [2.75, 3.05) is 17.2 Å². The van der Waals surface area contributed by atoms with E-state index in [9.17, 15) is 0 Å². The number of nitrogens with two attached hydrogens (primary N) is 1. The monoisotopic (exact) mass is 247 g/mol. The molecule has 0 atom stereocenters. The van der Waals surface area contributed by atoms with Crippen LogP contribution in [0.3, 0.4) is 0 Å². The van der Waals surface area contributed by atoms with E-state index in [1.807, 2.05) is 6.20 Å². The lowest BCUT2D eigenvalue weighted by Gasteiger charge is -2.22. The summed E-state index contributed by atoms with van der Waals surface area (Å²) in [6, 6.07) is 8.55. The third-order valence-electron chi connectivity index (χ3n) is 2.67. The number of rotatable bonds is 4. The number of aromatic nitrogens is 1. The standard InChI is InChI=1S/C13H17N3S/c1-3-16(9-12-8-15-13(14)17-12)11-6-4-5-10(2)7-11/h4-8H,3,9H2,1-2H3,(H2,14,15). The smallest absolute Gasteiger partial charge is 0.180 e. The Kier molecular flexibility index (Phi) is 3.64. The molecule has 90 valence electrons. The van der Waals surface area contributed by atoms with E-state index >= 15 is 0 Å². The van der Waals surface area contributed by atoms with Crippen molar-refractivity contribution in [2.24, 2.45) is 0 Å². The fourth-order valence-electron chi connectivity index (χ4n) is 1.79. The molecule has 0 amide bonds. The zero-order valence-corrected chi connectivity index (χ0v) is 11.0. The summed E-state index contributed by atoms with van der Waals surface area (Å²) in [6.45, 7) is 6.12. The molecule has 0 radical (unpaired) electrons. The topological polar surface area (TPSA) is 42.2 Å². The number of aryl methyl sites for hydroxylation is 1. The number of anilines is 2. The molecule has 0 unspecified atom stereocenters. The number of nitrogens with zero attached hydrogens (tertiary/aromatic N) is 2. The first kappa shape index (κ1) is 11.9. The van der Waals surface area contributed by atoms with Crippen LogP contribution in [0, 0.1) is 6.92 Å². The maximum absolute atomic E-state index is 5.65. The molecule has 17 heavy (non-hydrogen) atoms. The summed E-state index contributed by atoms with van der Waals surface area (Å²) >= 11 is 1.56. The molecule has 2 aromatic rings. The quantitative estimate of drug-likeness (QED) is 0.903. The van der Waals surface area contributed by atoms with Gasteiger partial charge in [0.25, 0.3) is 0 Å². The highest BCUT2D eigenvalue weighted by Crippen LogP contribution is 2.21. The molecule has 0 fully saturated rings. The Labute approximate surface area is 106 Å². The number of thiazole rings is 1. The largest absolute Gasteiger partial charge is 0.375 e. The summed E-state index contributed by atoms with van der Waals surface area (Å²) < 4.78 is 0. The molecule has 0 aliphatic rings. The molecule has 2 rings (SSSR count). The third kappa shape index (κ3) is 2.97. The van der Waals surface area contributed by atoms with Crippen molar-refractivity contribution in [3.8, 4) is 0 Å². The zero-order valence-electron chi connectivity index (χ0n) is 10.2. The number of hydrogen-bond acceptors (Lipinski definition) is 4. The predicted molar refractivity (Wildman–Crippen MR) is 74.4 cm³/mol. The van der Waals surface area contributed by atoms with E-state index in [2.05, 4.69) is 48.0 Å². The van der Waals surface area contributed by atoms with Crippen LogP contribution in [0.1, 0.15) is 17.4 Å². The molecule has 1 aromatic carbocycles. The average molecular weight is 247 g/mol. The minimum Gasteiger partial charge on any atom is -0.375 e. The van der Waals surface area contributed by atoms with E-state index in [-0.39, 0.29) is 0 Å². The highest BCUT2D eigenvalue weighted by Gasteiger charge is 2.07. The van der Waals surface area contributed by atoms with Crippen LogP contribution in [0.15, 0.2) is 30.5 Å². The van der Waals surface area contributed by atoms with Crippen molar-refractivity contribution < 1.29 is 0 Å². The van der Waals surface area contributed by atoms with Crippen LogP contribution in [0.25, 0.3) is 0 Å². The van der Waals surface area contributed by atoms with Gasteiger partial charge in [-0.2, -0.15) is 0 Å². The minimum atomic E-state index is 0.639. The van der Waals surface area contributed by atoms with Gasteiger partial charge >= 0.3 is 0 Å². The molecule has 0 aliphatic heterocycles. The van der Waals surface area contributed by atoms with E-state index in [4.69, 9.17) is 5.73 Å². The van der Waals surface area contributed by atoms with Gasteiger partial charge in [-0.25, -0.2) is 4.98 Å². The van der Waals surface area contributed by atoms with Gasteiger partial charge < -0.3 is 10.6 Å². The van der Waals surface area contributed by atoms with E-state index in [1.54, 1.807) is 11.3 Å². The highest BCUT2D eigenvalue weighted by atomic mass is 32.1. The van der Waals surface area contributed by atoms with Crippen molar-refractivity contribution in [2.45, 2.75) is 20.4 Å². The molecule has 0 aliphatic carbocycles. The van der Waals surface area contributed by atoms with Gasteiger partial charge in [-0.05, 0) is 31.5 Å². The summed E-state index contributed by atoms with van der Waals surface area (Å²) in [6.07, 6.45) is 1.86. The Morgan fingerprint density at radius 2 is 2.24 bits per heavy atom. The maximum Gasteiger partial charge on any atom is 0.180 e. The first-order chi connectivity index (χ1) is 8.19. The normalized spacial score (nSPS) is 10.5. The maximum atomic E-state index is 5.65. The molecule has 0 spiro atoms. The Balaban J connectivity index is 2.16. The summed E-state index contributed by atoms with van der Waals surface area (Å²) in [4.78, 5) is 7.60. The van der Waals surface area contributed by atoms with Gasteiger partial charge in [0.2, 0.25) is 0 Å². The molecule has 2 N–H and O–H groups in total. The molecule has 0 saturated carbocycles. The highest BCUT2D eigenvalue weighted by molar-refractivity contribution is 7.15. The lowest BCUT2D eigenvalue weighted by Crippen LogP contribution is -2.21. The van der Waals surface area contributed by atoms with Crippen molar-refractivity contribution in [3.05, 3.63) is 40.9 Å². The molecular weight excluding hydrogens is 230 g/mol. The Hall–Kier alpha value is -1.55. The van der Waals surface area contributed by atoms with Gasteiger partial charge in [-0.1, -0.05) is 12.1 Å². The van der Waals surface area contributed by atoms with Gasteiger partial charge in [0.1, 0.15) is 0 Å². The third-order valence-corrected chi connectivity index (χ3v) is 3.48. The lowest BCUT2D eigenvalue weighted by molar-refractivity contribution is 0.840. The van der Waals surface area contributed by atoms with Gasteiger partial charge in [0.05, 0.1) is 6.54 Å².